The summed E-state index contributed by atoms with van der Waals surface area (Å²) in [7, 11) is 0. The highest BCUT2D eigenvalue weighted by atomic mass is 35.5. The molecule has 0 bridgehead atoms. The third-order valence-corrected chi connectivity index (χ3v) is 4.28. The van der Waals surface area contributed by atoms with Gasteiger partial charge in [-0.1, -0.05) is 42.3 Å². The molecule has 2 unspecified atom stereocenters. The van der Waals surface area contributed by atoms with Crippen LogP contribution in [0, 0.1) is 0 Å². The van der Waals surface area contributed by atoms with Gasteiger partial charge in [0.25, 0.3) is 0 Å². The zero-order chi connectivity index (χ0) is 14.4. The van der Waals surface area contributed by atoms with E-state index in [1.165, 1.54) is 0 Å². The molecule has 1 saturated heterocycles. The second-order valence-electron chi connectivity index (χ2n) is 4.96. The Kier molecular flexibility index (Phi) is 6.59. The number of ether oxygens (including phenoxy) is 2. The van der Waals surface area contributed by atoms with Gasteiger partial charge < -0.3 is 14.8 Å². The van der Waals surface area contributed by atoms with Gasteiger partial charge in [0.1, 0.15) is 0 Å². The Morgan fingerprint density at radius 1 is 1.35 bits per heavy atom. The van der Waals surface area contributed by atoms with E-state index in [1.807, 2.05) is 18.2 Å². The molecule has 2 rings (SSSR count). The van der Waals surface area contributed by atoms with Crippen LogP contribution < -0.4 is 5.32 Å². The average Bonchev–Trinajstić information content (AvgIpc) is 2.48. The molecule has 1 heterocycles. The van der Waals surface area contributed by atoms with E-state index in [9.17, 15) is 0 Å². The summed E-state index contributed by atoms with van der Waals surface area (Å²) in [5, 5.41) is 4.76. The van der Waals surface area contributed by atoms with E-state index in [0.29, 0.717) is 29.9 Å². The molecule has 0 aromatic heterocycles. The Hall–Kier alpha value is -0.320. The van der Waals surface area contributed by atoms with Crippen molar-refractivity contribution in [3.8, 4) is 0 Å². The molecule has 0 aliphatic carbocycles. The van der Waals surface area contributed by atoms with Gasteiger partial charge in [0.2, 0.25) is 0 Å². The Labute approximate surface area is 130 Å². The van der Waals surface area contributed by atoms with Gasteiger partial charge in [-0.05, 0) is 31.0 Å². The van der Waals surface area contributed by atoms with Gasteiger partial charge in [0.15, 0.2) is 0 Å². The molecule has 0 saturated carbocycles. The molecule has 1 aromatic carbocycles. The van der Waals surface area contributed by atoms with Gasteiger partial charge in [-0.15, -0.1) is 0 Å². The average molecular weight is 318 g/mol. The first kappa shape index (κ1) is 16.1. The lowest BCUT2D eigenvalue weighted by Crippen LogP contribution is -2.48. The molecule has 1 fully saturated rings. The van der Waals surface area contributed by atoms with Crippen LogP contribution in [0.1, 0.15) is 18.9 Å². The van der Waals surface area contributed by atoms with Gasteiger partial charge in [-0.25, -0.2) is 0 Å². The van der Waals surface area contributed by atoms with Crippen molar-refractivity contribution in [2.75, 3.05) is 26.4 Å². The summed E-state index contributed by atoms with van der Waals surface area (Å²) in [4.78, 5) is 0. The van der Waals surface area contributed by atoms with Crippen molar-refractivity contribution < 1.29 is 9.47 Å². The van der Waals surface area contributed by atoms with Crippen LogP contribution in [0.5, 0.6) is 0 Å². The Morgan fingerprint density at radius 2 is 2.20 bits per heavy atom. The van der Waals surface area contributed by atoms with Crippen molar-refractivity contribution in [2.45, 2.75) is 31.9 Å². The van der Waals surface area contributed by atoms with Crippen LogP contribution in [-0.2, 0) is 15.9 Å². The van der Waals surface area contributed by atoms with Crippen LogP contribution in [0.4, 0.5) is 0 Å². The second kappa shape index (κ2) is 8.20. The largest absolute Gasteiger partial charge is 0.376 e. The van der Waals surface area contributed by atoms with Gasteiger partial charge in [-0.3, -0.25) is 0 Å². The molecule has 5 heteroatoms. The van der Waals surface area contributed by atoms with Crippen LogP contribution in [0.15, 0.2) is 18.2 Å². The maximum atomic E-state index is 6.28. The number of hydrogen-bond donors (Lipinski definition) is 1. The summed E-state index contributed by atoms with van der Waals surface area (Å²) in [5.41, 5.74) is 1.04. The van der Waals surface area contributed by atoms with Crippen LogP contribution in [0.25, 0.3) is 0 Å². The lowest BCUT2D eigenvalue weighted by atomic mass is 10.0. The topological polar surface area (TPSA) is 30.5 Å². The molecular weight excluding hydrogens is 297 g/mol. The standard InChI is InChI=1S/C15H21Cl2NO2/c1-2-6-18-13(14-10-19-7-8-20-14)9-11-4-3-5-12(16)15(11)17/h3-5,13-14,18H,2,6-10H2,1H3. The number of rotatable bonds is 6. The van der Waals surface area contributed by atoms with Crippen molar-refractivity contribution in [1.29, 1.82) is 0 Å². The SMILES string of the molecule is CCCNC(Cc1cccc(Cl)c1Cl)C1COCCO1. The van der Waals surface area contributed by atoms with Crippen LogP contribution >= 0.6 is 23.2 Å². The fraction of sp³-hybridized carbons (Fsp3) is 0.600. The summed E-state index contributed by atoms with van der Waals surface area (Å²) in [5.74, 6) is 0. The van der Waals surface area contributed by atoms with E-state index in [-0.39, 0.29) is 12.1 Å². The minimum atomic E-state index is 0.0605. The number of nitrogens with one attached hydrogen (secondary N) is 1. The highest BCUT2D eigenvalue weighted by Crippen LogP contribution is 2.27. The smallest absolute Gasteiger partial charge is 0.0965 e. The fourth-order valence-electron chi connectivity index (χ4n) is 2.35. The highest BCUT2D eigenvalue weighted by molar-refractivity contribution is 6.42. The number of benzene rings is 1. The molecule has 20 heavy (non-hydrogen) atoms. The van der Waals surface area contributed by atoms with Crippen molar-refractivity contribution in [2.24, 2.45) is 0 Å². The summed E-state index contributed by atoms with van der Waals surface area (Å²) in [6.07, 6.45) is 1.92. The zero-order valence-corrected chi connectivity index (χ0v) is 13.2. The maximum absolute atomic E-state index is 6.28. The minimum absolute atomic E-state index is 0.0605. The predicted octanol–water partition coefficient (Wildman–Crippen LogP) is 3.32. The molecule has 3 nitrogen and oxygen atoms in total. The molecule has 112 valence electrons. The van der Waals surface area contributed by atoms with Gasteiger partial charge in [0.05, 0.1) is 36.0 Å². The van der Waals surface area contributed by atoms with Gasteiger partial charge >= 0.3 is 0 Å². The molecule has 1 aliphatic rings. The molecule has 1 N–H and O–H groups in total. The van der Waals surface area contributed by atoms with Crippen LogP contribution in [0.3, 0.4) is 0 Å². The zero-order valence-electron chi connectivity index (χ0n) is 11.7. The van der Waals surface area contributed by atoms with Gasteiger partial charge in [-0.2, -0.15) is 0 Å². The molecule has 0 amide bonds. The van der Waals surface area contributed by atoms with Crippen LogP contribution in [-0.4, -0.2) is 38.5 Å². The van der Waals surface area contributed by atoms with E-state index in [0.717, 1.165) is 24.9 Å². The predicted molar refractivity (Wildman–Crippen MR) is 82.8 cm³/mol. The first-order valence-electron chi connectivity index (χ1n) is 7.08. The molecule has 1 aliphatic heterocycles. The first-order chi connectivity index (χ1) is 9.72. The quantitative estimate of drug-likeness (QED) is 0.873. The molecular formula is C15H21Cl2NO2. The Bertz CT molecular complexity index is 422. The highest BCUT2D eigenvalue weighted by Gasteiger charge is 2.25. The molecule has 0 spiro atoms. The number of halogens is 2. The molecule has 1 aromatic rings. The van der Waals surface area contributed by atoms with Gasteiger partial charge in [0, 0.05) is 6.04 Å². The summed E-state index contributed by atoms with van der Waals surface area (Å²) < 4.78 is 11.3. The van der Waals surface area contributed by atoms with Crippen molar-refractivity contribution in [1.82, 2.24) is 5.32 Å². The van der Waals surface area contributed by atoms with E-state index in [1.54, 1.807) is 0 Å². The third-order valence-electron chi connectivity index (χ3n) is 3.42. The summed E-state index contributed by atoms with van der Waals surface area (Å²) >= 11 is 12.4. The molecule has 0 radical (unpaired) electrons. The van der Waals surface area contributed by atoms with Crippen molar-refractivity contribution in [3.63, 3.8) is 0 Å². The number of hydrogen-bond acceptors (Lipinski definition) is 3. The van der Waals surface area contributed by atoms with E-state index < -0.39 is 0 Å². The van der Waals surface area contributed by atoms with E-state index in [4.69, 9.17) is 32.7 Å². The normalized spacial score (nSPS) is 20.9. The van der Waals surface area contributed by atoms with E-state index >= 15 is 0 Å². The Morgan fingerprint density at radius 3 is 2.90 bits per heavy atom. The van der Waals surface area contributed by atoms with Crippen LogP contribution in [0.2, 0.25) is 10.0 Å². The lowest BCUT2D eigenvalue weighted by molar-refractivity contribution is -0.101. The monoisotopic (exact) mass is 317 g/mol. The second-order valence-corrected chi connectivity index (χ2v) is 5.75. The minimum Gasteiger partial charge on any atom is -0.376 e. The van der Waals surface area contributed by atoms with Crippen molar-refractivity contribution in [3.05, 3.63) is 33.8 Å². The van der Waals surface area contributed by atoms with E-state index in [2.05, 4.69) is 12.2 Å². The molecule has 2 atom stereocenters. The summed E-state index contributed by atoms with van der Waals surface area (Å²) in [6.45, 7) is 5.05. The summed E-state index contributed by atoms with van der Waals surface area (Å²) in [6, 6.07) is 5.94. The first-order valence-corrected chi connectivity index (χ1v) is 7.83. The van der Waals surface area contributed by atoms with Crippen molar-refractivity contribution >= 4 is 23.2 Å². The Balaban J connectivity index is 2.07. The lowest BCUT2D eigenvalue weighted by Gasteiger charge is -2.31. The fourth-order valence-corrected chi connectivity index (χ4v) is 2.74. The maximum Gasteiger partial charge on any atom is 0.0965 e. The third kappa shape index (κ3) is 4.34.